The van der Waals surface area contributed by atoms with Crippen LogP contribution in [0.3, 0.4) is 0 Å². The van der Waals surface area contributed by atoms with Crippen LogP contribution in [-0.4, -0.2) is 18.2 Å². The van der Waals surface area contributed by atoms with E-state index in [0.29, 0.717) is 6.61 Å². The second-order valence-corrected chi connectivity index (χ2v) is 4.46. The van der Waals surface area contributed by atoms with Crippen molar-refractivity contribution in [1.82, 2.24) is 0 Å². The highest BCUT2D eigenvalue weighted by molar-refractivity contribution is 5.77. The first-order valence-electron chi connectivity index (χ1n) is 6.08. The highest BCUT2D eigenvalue weighted by atomic mass is 16.6. The second kappa shape index (κ2) is 5.32. The van der Waals surface area contributed by atoms with Gasteiger partial charge in [-0.3, -0.25) is 0 Å². The molecule has 1 unspecified atom stereocenters. The summed E-state index contributed by atoms with van der Waals surface area (Å²) in [5, 5.41) is 0. The van der Waals surface area contributed by atoms with E-state index in [1.54, 1.807) is 0 Å². The van der Waals surface area contributed by atoms with Gasteiger partial charge in [-0.05, 0) is 12.0 Å². The van der Waals surface area contributed by atoms with Crippen LogP contribution in [0.1, 0.15) is 25.8 Å². The number of hydrogen-bond acceptors (Lipinski definition) is 3. The predicted octanol–water partition coefficient (Wildman–Crippen LogP) is 2.54. The van der Waals surface area contributed by atoms with Crippen molar-refractivity contribution >= 4 is 5.97 Å². The summed E-state index contributed by atoms with van der Waals surface area (Å²) in [6.07, 6.45) is 0.432. The van der Waals surface area contributed by atoms with E-state index in [0.717, 1.165) is 12.0 Å². The van der Waals surface area contributed by atoms with Crippen molar-refractivity contribution in [3.63, 3.8) is 0 Å². The maximum absolute atomic E-state index is 11.6. The standard InChI is InChI=1S/C14H18O3/c1-3-12-10(2)13(14(15)17-12)16-9-11-7-5-4-6-8-11/h4-8,10,12-13H,3,9H2,1-2H3/t10?,12-,13+/m1/s1. The van der Waals surface area contributed by atoms with Gasteiger partial charge in [-0.1, -0.05) is 44.2 Å². The Morgan fingerprint density at radius 2 is 2.00 bits per heavy atom. The van der Waals surface area contributed by atoms with Gasteiger partial charge in [-0.15, -0.1) is 0 Å². The molecule has 92 valence electrons. The Morgan fingerprint density at radius 3 is 2.59 bits per heavy atom. The minimum atomic E-state index is -0.417. The Hall–Kier alpha value is -1.35. The molecule has 1 aliphatic rings. The topological polar surface area (TPSA) is 35.5 Å². The number of rotatable bonds is 4. The van der Waals surface area contributed by atoms with Gasteiger partial charge in [0.15, 0.2) is 6.10 Å². The normalized spacial score (nSPS) is 28.1. The lowest BCUT2D eigenvalue weighted by atomic mass is 9.99. The molecule has 0 N–H and O–H groups in total. The third-order valence-corrected chi connectivity index (χ3v) is 3.24. The number of ether oxygens (including phenoxy) is 2. The van der Waals surface area contributed by atoms with Crippen LogP contribution in [0.25, 0.3) is 0 Å². The average Bonchev–Trinajstić information content (AvgIpc) is 2.63. The second-order valence-electron chi connectivity index (χ2n) is 4.46. The van der Waals surface area contributed by atoms with E-state index < -0.39 is 6.10 Å². The van der Waals surface area contributed by atoms with E-state index >= 15 is 0 Å². The van der Waals surface area contributed by atoms with Gasteiger partial charge in [0, 0.05) is 5.92 Å². The maximum atomic E-state index is 11.6. The monoisotopic (exact) mass is 234 g/mol. The van der Waals surface area contributed by atoms with Crippen molar-refractivity contribution in [2.24, 2.45) is 5.92 Å². The number of esters is 1. The van der Waals surface area contributed by atoms with Gasteiger partial charge in [-0.2, -0.15) is 0 Å². The molecule has 1 aromatic rings. The number of hydrogen-bond donors (Lipinski definition) is 0. The number of carbonyl (C=O) groups excluding carboxylic acids is 1. The van der Waals surface area contributed by atoms with E-state index in [9.17, 15) is 4.79 Å². The van der Waals surface area contributed by atoms with Gasteiger partial charge < -0.3 is 9.47 Å². The summed E-state index contributed by atoms with van der Waals surface area (Å²) >= 11 is 0. The molecule has 3 atom stereocenters. The summed E-state index contributed by atoms with van der Waals surface area (Å²) in [5.74, 6) is -0.0866. The van der Waals surface area contributed by atoms with Crippen LogP contribution in [0.2, 0.25) is 0 Å². The average molecular weight is 234 g/mol. The zero-order valence-corrected chi connectivity index (χ0v) is 10.3. The molecule has 0 radical (unpaired) electrons. The lowest BCUT2D eigenvalue weighted by Crippen LogP contribution is -2.25. The van der Waals surface area contributed by atoms with Crippen LogP contribution in [0.5, 0.6) is 0 Å². The number of carbonyl (C=O) groups is 1. The SMILES string of the molecule is CC[C@H]1OC(=O)[C@@H](OCc2ccccc2)C1C. The van der Waals surface area contributed by atoms with Crippen molar-refractivity contribution < 1.29 is 14.3 Å². The van der Waals surface area contributed by atoms with E-state index in [4.69, 9.17) is 9.47 Å². The summed E-state index contributed by atoms with van der Waals surface area (Å²) in [5.41, 5.74) is 1.08. The number of benzene rings is 1. The van der Waals surface area contributed by atoms with Crippen LogP contribution in [0, 0.1) is 5.92 Å². The van der Waals surface area contributed by atoms with Crippen LogP contribution in [0.4, 0.5) is 0 Å². The molecule has 0 spiro atoms. The Bertz CT molecular complexity index is 374. The van der Waals surface area contributed by atoms with Crippen molar-refractivity contribution in [3.05, 3.63) is 35.9 Å². The molecule has 2 rings (SSSR count). The van der Waals surface area contributed by atoms with Crippen molar-refractivity contribution in [2.45, 2.75) is 39.1 Å². The summed E-state index contributed by atoms with van der Waals surface area (Å²) < 4.78 is 10.9. The summed E-state index contributed by atoms with van der Waals surface area (Å²) in [6.45, 7) is 4.49. The minimum absolute atomic E-state index is 0.00303. The molecular formula is C14H18O3. The van der Waals surface area contributed by atoms with E-state index in [1.807, 2.05) is 44.2 Å². The Kier molecular flexibility index (Phi) is 3.79. The molecule has 17 heavy (non-hydrogen) atoms. The van der Waals surface area contributed by atoms with Crippen molar-refractivity contribution in [2.75, 3.05) is 0 Å². The molecule has 3 heteroatoms. The highest BCUT2D eigenvalue weighted by Crippen LogP contribution is 2.27. The first-order valence-corrected chi connectivity index (χ1v) is 6.08. The largest absolute Gasteiger partial charge is 0.460 e. The Labute approximate surface area is 102 Å². The molecule has 1 heterocycles. The van der Waals surface area contributed by atoms with E-state index in [2.05, 4.69) is 0 Å². The highest BCUT2D eigenvalue weighted by Gasteiger charge is 2.41. The van der Waals surface area contributed by atoms with E-state index in [-0.39, 0.29) is 18.0 Å². The van der Waals surface area contributed by atoms with Gasteiger partial charge in [0.05, 0.1) is 6.61 Å². The summed E-state index contributed by atoms with van der Waals surface area (Å²) in [7, 11) is 0. The van der Waals surface area contributed by atoms with Crippen LogP contribution < -0.4 is 0 Å². The zero-order chi connectivity index (χ0) is 12.3. The van der Waals surface area contributed by atoms with Crippen LogP contribution >= 0.6 is 0 Å². The molecule has 0 amide bonds. The van der Waals surface area contributed by atoms with Crippen LogP contribution in [-0.2, 0) is 20.9 Å². The molecule has 1 aliphatic heterocycles. The molecule has 1 aromatic carbocycles. The molecule has 1 fully saturated rings. The smallest absolute Gasteiger partial charge is 0.335 e. The molecule has 0 saturated carbocycles. The van der Waals surface area contributed by atoms with Gasteiger partial charge >= 0.3 is 5.97 Å². The lowest BCUT2D eigenvalue weighted by Gasteiger charge is -2.15. The van der Waals surface area contributed by atoms with Gasteiger partial charge in [0.25, 0.3) is 0 Å². The third kappa shape index (κ3) is 2.67. The third-order valence-electron chi connectivity index (χ3n) is 3.24. The quantitative estimate of drug-likeness (QED) is 0.751. The molecule has 0 aromatic heterocycles. The Morgan fingerprint density at radius 1 is 1.29 bits per heavy atom. The fraction of sp³-hybridized carbons (Fsp3) is 0.500. The fourth-order valence-corrected chi connectivity index (χ4v) is 2.17. The summed E-state index contributed by atoms with van der Waals surface area (Å²) in [4.78, 5) is 11.6. The fourth-order valence-electron chi connectivity index (χ4n) is 2.17. The molecule has 1 saturated heterocycles. The van der Waals surface area contributed by atoms with Gasteiger partial charge in [0.2, 0.25) is 0 Å². The van der Waals surface area contributed by atoms with E-state index in [1.165, 1.54) is 0 Å². The van der Waals surface area contributed by atoms with Gasteiger partial charge in [-0.25, -0.2) is 4.79 Å². The summed E-state index contributed by atoms with van der Waals surface area (Å²) in [6, 6.07) is 9.86. The molecule has 0 aliphatic carbocycles. The lowest BCUT2D eigenvalue weighted by molar-refractivity contribution is -0.150. The molecule has 3 nitrogen and oxygen atoms in total. The predicted molar refractivity (Wildman–Crippen MR) is 64.4 cm³/mol. The van der Waals surface area contributed by atoms with Gasteiger partial charge in [0.1, 0.15) is 6.10 Å². The molecule has 0 bridgehead atoms. The first-order chi connectivity index (χ1) is 8.22. The molecular weight excluding hydrogens is 216 g/mol. The zero-order valence-electron chi connectivity index (χ0n) is 10.3. The van der Waals surface area contributed by atoms with Crippen molar-refractivity contribution in [3.8, 4) is 0 Å². The van der Waals surface area contributed by atoms with Crippen molar-refractivity contribution in [1.29, 1.82) is 0 Å². The maximum Gasteiger partial charge on any atom is 0.335 e. The van der Waals surface area contributed by atoms with Crippen LogP contribution in [0.15, 0.2) is 30.3 Å². The Balaban J connectivity index is 1.93. The minimum Gasteiger partial charge on any atom is -0.460 e. The number of cyclic esters (lactones) is 1. The first kappa shape index (κ1) is 12.1.